The van der Waals surface area contributed by atoms with Crippen molar-refractivity contribution in [2.24, 2.45) is 0 Å². The van der Waals surface area contributed by atoms with E-state index in [0.29, 0.717) is 46.3 Å². The standard InChI is InChI=1S/C26H25Cl2NO4/c1-15-23(26(31)33-12-11-32-2)24(17-5-9-20(28)10-6-17)25-21(29-15)13-18(14-22(25)30)16-3-7-19(27)8-4-16/h3-10,18,24,29H,11-14H2,1-2H3/t18-,24-/m0/s1. The maximum Gasteiger partial charge on any atom is 0.336 e. The van der Waals surface area contributed by atoms with E-state index in [0.717, 1.165) is 16.8 Å². The summed E-state index contributed by atoms with van der Waals surface area (Å²) in [7, 11) is 1.55. The first-order valence-corrected chi connectivity index (χ1v) is 11.6. The maximum atomic E-state index is 13.5. The molecule has 0 saturated carbocycles. The van der Waals surface area contributed by atoms with Crippen molar-refractivity contribution in [3.8, 4) is 0 Å². The Morgan fingerprint density at radius 1 is 0.970 bits per heavy atom. The van der Waals surface area contributed by atoms with Crippen molar-refractivity contribution < 1.29 is 19.1 Å². The van der Waals surface area contributed by atoms with E-state index in [4.69, 9.17) is 32.7 Å². The molecule has 0 unspecified atom stereocenters. The average Bonchev–Trinajstić information content (AvgIpc) is 2.79. The van der Waals surface area contributed by atoms with E-state index in [-0.39, 0.29) is 18.3 Å². The Hall–Kier alpha value is -2.60. The molecular weight excluding hydrogens is 461 g/mol. The molecule has 0 amide bonds. The number of dihydropyridines is 1. The van der Waals surface area contributed by atoms with E-state index in [1.807, 2.05) is 43.3 Å². The second kappa shape index (κ2) is 10.1. The molecule has 0 saturated heterocycles. The molecule has 0 spiro atoms. The zero-order valence-corrected chi connectivity index (χ0v) is 20.0. The first-order chi connectivity index (χ1) is 15.9. The van der Waals surface area contributed by atoms with Gasteiger partial charge in [0.2, 0.25) is 0 Å². The lowest BCUT2D eigenvalue weighted by Gasteiger charge is -2.36. The largest absolute Gasteiger partial charge is 0.460 e. The first kappa shape index (κ1) is 23.6. The summed E-state index contributed by atoms with van der Waals surface area (Å²) in [5.41, 5.74) is 4.47. The highest BCUT2D eigenvalue weighted by Gasteiger charge is 2.41. The van der Waals surface area contributed by atoms with Gasteiger partial charge in [-0.3, -0.25) is 4.79 Å². The molecule has 172 valence electrons. The fourth-order valence-electron chi connectivity index (χ4n) is 4.56. The van der Waals surface area contributed by atoms with Gasteiger partial charge in [0.05, 0.1) is 12.2 Å². The molecule has 0 radical (unpaired) electrons. The molecule has 1 aliphatic heterocycles. The van der Waals surface area contributed by atoms with Gasteiger partial charge in [-0.1, -0.05) is 47.5 Å². The number of hydrogen-bond donors (Lipinski definition) is 1. The third-order valence-corrected chi connectivity index (χ3v) is 6.62. The summed E-state index contributed by atoms with van der Waals surface area (Å²) in [6, 6.07) is 14.9. The van der Waals surface area contributed by atoms with Gasteiger partial charge in [0, 0.05) is 46.5 Å². The fraction of sp³-hybridized carbons (Fsp3) is 0.308. The van der Waals surface area contributed by atoms with E-state index in [1.165, 1.54) is 0 Å². The number of halogens is 2. The van der Waals surface area contributed by atoms with E-state index >= 15 is 0 Å². The summed E-state index contributed by atoms with van der Waals surface area (Å²) < 4.78 is 10.5. The third-order valence-electron chi connectivity index (χ3n) is 6.11. The quantitative estimate of drug-likeness (QED) is 0.429. The van der Waals surface area contributed by atoms with Gasteiger partial charge in [0.25, 0.3) is 0 Å². The van der Waals surface area contributed by atoms with E-state index in [1.54, 1.807) is 19.2 Å². The van der Waals surface area contributed by atoms with E-state index < -0.39 is 11.9 Å². The van der Waals surface area contributed by atoms with Crippen LogP contribution in [0.3, 0.4) is 0 Å². The van der Waals surface area contributed by atoms with Gasteiger partial charge in [0.1, 0.15) is 6.61 Å². The monoisotopic (exact) mass is 485 g/mol. The van der Waals surface area contributed by atoms with Gasteiger partial charge in [0.15, 0.2) is 5.78 Å². The average molecular weight is 486 g/mol. The molecule has 33 heavy (non-hydrogen) atoms. The van der Waals surface area contributed by atoms with Crippen molar-refractivity contribution in [1.82, 2.24) is 5.32 Å². The number of esters is 1. The molecule has 5 nitrogen and oxygen atoms in total. The summed E-state index contributed by atoms with van der Waals surface area (Å²) in [6.07, 6.45) is 1.02. The number of allylic oxidation sites excluding steroid dienone is 3. The normalized spacial score (nSPS) is 20.4. The Bertz CT molecular complexity index is 1120. The molecule has 0 aromatic heterocycles. The zero-order valence-electron chi connectivity index (χ0n) is 18.5. The van der Waals surface area contributed by atoms with Crippen molar-refractivity contribution in [2.45, 2.75) is 31.6 Å². The van der Waals surface area contributed by atoms with Crippen LogP contribution in [0, 0.1) is 0 Å². The summed E-state index contributed by atoms with van der Waals surface area (Å²) in [5, 5.41) is 4.60. The minimum absolute atomic E-state index is 0.0124. The molecule has 1 N–H and O–H groups in total. The lowest BCUT2D eigenvalue weighted by Crippen LogP contribution is -2.36. The van der Waals surface area contributed by atoms with E-state index in [2.05, 4.69) is 5.32 Å². The first-order valence-electron chi connectivity index (χ1n) is 10.8. The number of nitrogens with one attached hydrogen (secondary N) is 1. The highest BCUT2D eigenvalue weighted by atomic mass is 35.5. The number of hydrogen-bond acceptors (Lipinski definition) is 5. The molecule has 4 rings (SSSR count). The molecule has 1 heterocycles. The number of rotatable bonds is 6. The smallest absolute Gasteiger partial charge is 0.336 e. The minimum atomic E-state index is -0.521. The number of methoxy groups -OCH3 is 1. The van der Waals surface area contributed by atoms with Crippen LogP contribution >= 0.6 is 23.2 Å². The number of benzene rings is 2. The van der Waals surface area contributed by atoms with Gasteiger partial charge in [-0.15, -0.1) is 0 Å². The Kier molecular flexibility index (Phi) is 7.23. The van der Waals surface area contributed by atoms with Gasteiger partial charge in [-0.25, -0.2) is 4.79 Å². The topological polar surface area (TPSA) is 64.6 Å². The minimum Gasteiger partial charge on any atom is -0.460 e. The Morgan fingerprint density at radius 3 is 2.18 bits per heavy atom. The van der Waals surface area contributed by atoms with Crippen LogP contribution in [-0.2, 0) is 19.1 Å². The second-order valence-electron chi connectivity index (χ2n) is 8.25. The van der Waals surface area contributed by atoms with Crippen LogP contribution in [0.5, 0.6) is 0 Å². The molecular formula is C26H25Cl2NO4. The highest BCUT2D eigenvalue weighted by molar-refractivity contribution is 6.30. The van der Waals surface area contributed by atoms with Crippen molar-refractivity contribution in [1.29, 1.82) is 0 Å². The molecule has 2 atom stereocenters. The maximum absolute atomic E-state index is 13.5. The SMILES string of the molecule is COCCOC(=O)C1=C(C)NC2=C(C(=O)C[C@@H](c3ccc(Cl)cc3)C2)[C@H]1c1ccc(Cl)cc1. The summed E-state index contributed by atoms with van der Waals surface area (Å²) in [4.78, 5) is 26.6. The number of ether oxygens (including phenoxy) is 2. The van der Waals surface area contributed by atoms with Crippen molar-refractivity contribution in [3.63, 3.8) is 0 Å². The Labute approximate surface area is 203 Å². The van der Waals surface area contributed by atoms with E-state index in [9.17, 15) is 9.59 Å². The summed E-state index contributed by atoms with van der Waals surface area (Å²) >= 11 is 12.2. The Balaban J connectivity index is 1.73. The predicted molar refractivity (Wildman–Crippen MR) is 128 cm³/mol. The zero-order chi connectivity index (χ0) is 23.5. The fourth-order valence-corrected chi connectivity index (χ4v) is 4.82. The summed E-state index contributed by atoms with van der Waals surface area (Å²) in [6.45, 7) is 2.28. The number of Topliss-reactive ketones (excluding diaryl/α,β-unsaturated/α-hetero) is 1. The number of ketones is 1. The van der Waals surface area contributed by atoms with Crippen LogP contribution in [0.15, 0.2) is 71.1 Å². The van der Waals surface area contributed by atoms with Crippen molar-refractivity contribution >= 4 is 35.0 Å². The lowest BCUT2D eigenvalue weighted by molar-refractivity contribution is -0.140. The van der Waals surface area contributed by atoms with Crippen molar-refractivity contribution in [2.75, 3.05) is 20.3 Å². The van der Waals surface area contributed by atoms with Gasteiger partial charge < -0.3 is 14.8 Å². The molecule has 2 aliphatic rings. The number of carbonyl (C=O) groups is 2. The molecule has 0 bridgehead atoms. The lowest BCUT2D eigenvalue weighted by atomic mass is 9.72. The van der Waals surface area contributed by atoms with Gasteiger partial charge in [-0.05, 0) is 54.7 Å². The molecule has 2 aromatic carbocycles. The Morgan fingerprint density at radius 2 is 1.58 bits per heavy atom. The number of carbonyl (C=O) groups excluding carboxylic acids is 2. The van der Waals surface area contributed by atoms with Crippen LogP contribution in [0.4, 0.5) is 0 Å². The van der Waals surface area contributed by atoms with Crippen LogP contribution in [0.25, 0.3) is 0 Å². The second-order valence-corrected chi connectivity index (χ2v) is 9.12. The predicted octanol–water partition coefficient (Wildman–Crippen LogP) is 5.54. The van der Waals surface area contributed by atoms with Crippen molar-refractivity contribution in [3.05, 3.63) is 92.2 Å². The van der Waals surface area contributed by atoms with Crippen LogP contribution < -0.4 is 5.32 Å². The summed E-state index contributed by atoms with van der Waals surface area (Å²) in [5.74, 6) is -0.934. The molecule has 1 aliphatic carbocycles. The molecule has 0 fully saturated rings. The molecule has 7 heteroatoms. The highest BCUT2D eigenvalue weighted by Crippen LogP contribution is 2.45. The van der Waals surface area contributed by atoms with Crippen LogP contribution in [-0.4, -0.2) is 32.1 Å². The third kappa shape index (κ3) is 5.01. The van der Waals surface area contributed by atoms with Crippen LogP contribution in [0.2, 0.25) is 10.0 Å². The van der Waals surface area contributed by atoms with Gasteiger partial charge in [-0.2, -0.15) is 0 Å². The van der Waals surface area contributed by atoms with Crippen LogP contribution in [0.1, 0.15) is 42.7 Å². The van der Waals surface area contributed by atoms with Gasteiger partial charge >= 0.3 is 5.97 Å². The molecule has 2 aromatic rings.